The minimum atomic E-state index is -1.07. The molecule has 17 heavy (non-hydrogen) atoms. The van der Waals surface area contributed by atoms with Crippen LogP contribution in [0.4, 0.5) is 14.9 Å². The molecule has 1 aromatic rings. The van der Waals surface area contributed by atoms with Gasteiger partial charge in [0.2, 0.25) is 5.82 Å². The molecule has 90 valence electrons. The Labute approximate surface area is 95.4 Å². The Morgan fingerprint density at radius 2 is 2.18 bits per heavy atom. The number of benzene rings is 1. The number of carbonyl (C=O) groups is 1. The largest absolute Gasteiger partial charge is 0.465 e. The number of amides is 1. The first kappa shape index (κ1) is 11.3. The molecular formula is C10H9FN2O4. The van der Waals surface area contributed by atoms with Gasteiger partial charge in [0.15, 0.2) is 0 Å². The van der Waals surface area contributed by atoms with Crippen molar-refractivity contribution in [2.45, 2.75) is 13.0 Å². The van der Waals surface area contributed by atoms with Crippen molar-refractivity contribution in [2.24, 2.45) is 0 Å². The zero-order valence-corrected chi connectivity index (χ0v) is 8.72. The van der Waals surface area contributed by atoms with Crippen LogP contribution in [0.3, 0.4) is 0 Å². The van der Waals surface area contributed by atoms with Crippen LogP contribution in [0, 0.1) is 15.9 Å². The molecule has 7 heteroatoms. The Kier molecular flexibility index (Phi) is 2.66. The summed E-state index contributed by atoms with van der Waals surface area (Å²) in [6.45, 7) is 0.338. The Hall–Kier alpha value is -2.18. The number of halogens is 1. The van der Waals surface area contributed by atoms with Gasteiger partial charge in [-0.05, 0) is 23.6 Å². The second-order valence-corrected chi connectivity index (χ2v) is 3.78. The van der Waals surface area contributed by atoms with E-state index in [1.54, 1.807) is 0 Å². The van der Waals surface area contributed by atoms with Crippen molar-refractivity contribution >= 4 is 11.8 Å². The fraction of sp³-hybridized carbons (Fsp3) is 0.300. The van der Waals surface area contributed by atoms with Crippen LogP contribution in [0.5, 0.6) is 0 Å². The van der Waals surface area contributed by atoms with Gasteiger partial charge in [-0.3, -0.25) is 10.1 Å². The normalized spacial score (nSPS) is 14.3. The highest BCUT2D eigenvalue weighted by atomic mass is 19.1. The van der Waals surface area contributed by atoms with Gasteiger partial charge in [-0.15, -0.1) is 0 Å². The molecule has 0 bridgehead atoms. The van der Waals surface area contributed by atoms with Crippen LogP contribution in [0.2, 0.25) is 0 Å². The van der Waals surface area contributed by atoms with Crippen LogP contribution in [-0.2, 0) is 13.0 Å². The number of nitrogens with zero attached hydrogens (tertiary/aromatic N) is 2. The summed E-state index contributed by atoms with van der Waals surface area (Å²) in [6.07, 6.45) is -0.711. The van der Waals surface area contributed by atoms with Gasteiger partial charge in [0.05, 0.1) is 4.92 Å². The highest BCUT2D eigenvalue weighted by molar-refractivity contribution is 5.65. The molecule has 1 aromatic carbocycles. The van der Waals surface area contributed by atoms with E-state index < -0.39 is 22.5 Å². The van der Waals surface area contributed by atoms with E-state index in [9.17, 15) is 19.3 Å². The maximum atomic E-state index is 13.3. The van der Waals surface area contributed by atoms with Crippen LogP contribution < -0.4 is 0 Å². The van der Waals surface area contributed by atoms with Crippen LogP contribution in [0.1, 0.15) is 11.1 Å². The van der Waals surface area contributed by atoms with Crippen LogP contribution >= 0.6 is 0 Å². The molecule has 0 aromatic heterocycles. The second-order valence-electron chi connectivity index (χ2n) is 3.78. The zero-order valence-electron chi connectivity index (χ0n) is 8.72. The molecule has 0 radical (unpaired) electrons. The van der Waals surface area contributed by atoms with Crippen LogP contribution in [-0.4, -0.2) is 27.6 Å². The highest BCUT2D eigenvalue weighted by Crippen LogP contribution is 2.26. The van der Waals surface area contributed by atoms with E-state index in [1.807, 2.05) is 0 Å². The molecule has 0 atom stereocenters. The molecule has 1 aliphatic rings. The first-order valence-electron chi connectivity index (χ1n) is 4.92. The van der Waals surface area contributed by atoms with Crippen LogP contribution in [0.15, 0.2) is 12.1 Å². The summed E-state index contributed by atoms with van der Waals surface area (Å²) in [5.74, 6) is -0.930. The van der Waals surface area contributed by atoms with Gasteiger partial charge in [0, 0.05) is 19.2 Å². The highest BCUT2D eigenvalue weighted by Gasteiger charge is 2.24. The zero-order chi connectivity index (χ0) is 12.6. The third-order valence-corrected chi connectivity index (χ3v) is 2.75. The molecule has 2 rings (SSSR count). The van der Waals surface area contributed by atoms with Gasteiger partial charge in [-0.2, -0.15) is 4.39 Å². The standard InChI is InChI=1S/C10H9FN2O4/c11-8-3-7-5-12(10(14)15)2-1-6(7)4-9(8)13(16)17/h3-4H,1-2,5H2,(H,14,15). The summed E-state index contributed by atoms with van der Waals surface area (Å²) in [7, 11) is 0. The average molecular weight is 240 g/mol. The molecule has 1 aliphatic heterocycles. The summed E-state index contributed by atoms with van der Waals surface area (Å²) < 4.78 is 13.3. The Morgan fingerprint density at radius 1 is 1.47 bits per heavy atom. The number of fused-ring (bicyclic) bond motifs is 1. The summed E-state index contributed by atoms with van der Waals surface area (Å²) in [6, 6.07) is 2.23. The van der Waals surface area contributed by atoms with Gasteiger partial charge >= 0.3 is 11.8 Å². The van der Waals surface area contributed by atoms with Crippen molar-refractivity contribution in [3.63, 3.8) is 0 Å². The van der Waals surface area contributed by atoms with Gasteiger partial charge in [0.1, 0.15) is 0 Å². The van der Waals surface area contributed by atoms with Gasteiger partial charge in [0.25, 0.3) is 0 Å². The van der Waals surface area contributed by atoms with Gasteiger partial charge < -0.3 is 10.0 Å². The van der Waals surface area contributed by atoms with Crippen molar-refractivity contribution in [3.05, 3.63) is 39.2 Å². The third-order valence-electron chi connectivity index (χ3n) is 2.75. The predicted molar refractivity (Wildman–Crippen MR) is 55.2 cm³/mol. The SMILES string of the molecule is O=C(O)N1CCc2cc([N+](=O)[O-])c(F)cc2C1. The van der Waals surface area contributed by atoms with Gasteiger partial charge in [-0.1, -0.05) is 0 Å². The molecule has 1 amide bonds. The van der Waals surface area contributed by atoms with E-state index in [2.05, 4.69) is 0 Å². The van der Waals surface area contributed by atoms with E-state index in [0.29, 0.717) is 17.5 Å². The lowest BCUT2D eigenvalue weighted by Crippen LogP contribution is -2.34. The minimum Gasteiger partial charge on any atom is -0.465 e. The van der Waals surface area contributed by atoms with Crippen molar-refractivity contribution in [1.82, 2.24) is 4.90 Å². The first-order valence-corrected chi connectivity index (χ1v) is 4.92. The molecule has 1 heterocycles. The van der Waals surface area contributed by atoms with E-state index in [0.717, 1.165) is 11.0 Å². The third kappa shape index (κ3) is 2.03. The number of carboxylic acid groups (broad SMARTS) is 1. The maximum Gasteiger partial charge on any atom is 0.407 e. The second kappa shape index (κ2) is 4.00. The minimum absolute atomic E-state index is 0.0690. The predicted octanol–water partition coefficient (Wildman–Crippen LogP) is 1.77. The van der Waals surface area contributed by atoms with E-state index >= 15 is 0 Å². The molecule has 6 nitrogen and oxygen atoms in total. The monoisotopic (exact) mass is 240 g/mol. The average Bonchev–Trinajstić information content (AvgIpc) is 2.26. The fourth-order valence-corrected chi connectivity index (χ4v) is 1.87. The van der Waals surface area contributed by atoms with Crippen molar-refractivity contribution in [1.29, 1.82) is 0 Å². The Morgan fingerprint density at radius 3 is 2.76 bits per heavy atom. The number of nitro benzene ring substituents is 1. The maximum absolute atomic E-state index is 13.3. The Bertz CT molecular complexity index is 503. The van der Waals surface area contributed by atoms with Crippen molar-refractivity contribution in [2.75, 3.05) is 6.54 Å². The molecule has 0 saturated carbocycles. The van der Waals surface area contributed by atoms with E-state index in [-0.39, 0.29) is 13.1 Å². The number of nitro groups is 1. The number of rotatable bonds is 1. The lowest BCUT2D eigenvalue weighted by atomic mass is 9.99. The molecule has 0 saturated heterocycles. The lowest BCUT2D eigenvalue weighted by molar-refractivity contribution is -0.387. The number of hydrogen-bond acceptors (Lipinski definition) is 3. The van der Waals surface area contributed by atoms with Crippen molar-refractivity contribution < 1.29 is 19.2 Å². The Balaban J connectivity index is 2.38. The molecule has 0 aliphatic carbocycles. The molecule has 0 fully saturated rings. The summed E-state index contributed by atoms with van der Waals surface area (Å²) >= 11 is 0. The summed E-state index contributed by atoms with van der Waals surface area (Å²) in [4.78, 5) is 21.7. The smallest absolute Gasteiger partial charge is 0.407 e. The molecule has 0 unspecified atom stereocenters. The molecular weight excluding hydrogens is 231 g/mol. The number of hydrogen-bond donors (Lipinski definition) is 1. The molecule has 1 N–H and O–H groups in total. The lowest BCUT2D eigenvalue weighted by Gasteiger charge is -2.26. The summed E-state index contributed by atoms with van der Waals surface area (Å²) in [5, 5.41) is 19.3. The quantitative estimate of drug-likeness (QED) is 0.598. The molecule has 0 spiro atoms. The topological polar surface area (TPSA) is 83.7 Å². The van der Waals surface area contributed by atoms with Gasteiger partial charge in [-0.25, -0.2) is 4.79 Å². The van der Waals surface area contributed by atoms with Crippen LogP contribution in [0.25, 0.3) is 0 Å². The first-order chi connectivity index (χ1) is 7.99. The van der Waals surface area contributed by atoms with E-state index in [4.69, 9.17) is 5.11 Å². The van der Waals surface area contributed by atoms with Crippen molar-refractivity contribution in [3.8, 4) is 0 Å². The van der Waals surface area contributed by atoms with E-state index in [1.165, 1.54) is 6.07 Å². The fourth-order valence-electron chi connectivity index (χ4n) is 1.87. The summed E-state index contributed by atoms with van der Waals surface area (Å²) in [5.41, 5.74) is 0.560.